The number of nitrogens with one attached hydrogen (secondary N) is 1. The zero-order chi connectivity index (χ0) is 9.97. The molecular formula is C10H12N2O2. The summed E-state index contributed by atoms with van der Waals surface area (Å²) >= 11 is 0. The van der Waals surface area contributed by atoms with Crippen LogP contribution in [0.1, 0.15) is 17.2 Å². The number of ether oxygens (including phenoxy) is 1. The maximum absolute atomic E-state index is 10.6. The van der Waals surface area contributed by atoms with Crippen LogP contribution in [-0.4, -0.2) is 12.6 Å². The number of hydrogen-bond donors (Lipinski definition) is 2. The van der Waals surface area contributed by atoms with Gasteiger partial charge in [-0.3, -0.25) is 0 Å². The van der Waals surface area contributed by atoms with E-state index >= 15 is 0 Å². The van der Waals surface area contributed by atoms with Gasteiger partial charge in [0.25, 0.3) is 0 Å². The van der Waals surface area contributed by atoms with Gasteiger partial charge in [0, 0.05) is 13.1 Å². The Kier molecular flexibility index (Phi) is 2.37. The third-order valence-corrected chi connectivity index (χ3v) is 2.31. The number of nitrogens with two attached hydrogens (primary N) is 1. The minimum atomic E-state index is -0.728. The first-order chi connectivity index (χ1) is 6.77. The van der Waals surface area contributed by atoms with Crippen LogP contribution >= 0.6 is 0 Å². The summed E-state index contributed by atoms with van der Waals surface area (Å²) in [4.78, 5) is 10.6. The first kappa shape index (κ1) is 9.02. The van der Waals surface area contributed by atoms with Gasteiger partial charge in [0.2, 0.25) is 0 Å². The summed E-state index contributed by atoms with van der Waals surface area (Å²) in [6.07, 6.45) is -0.981. The standard InChI is InChI=1S/C10H12N2O2/c11-10(13)14-9-6-12-5-7-3-1-2-4-8(7)9/h1-4,9,12H,5-6H2,(H2,11,13). The number of benzene rings is 1. The van der Waals surface area contributed by atoms with Crippen molar-refractivity contribution in [1.29, 1.82) is 0 Å². The molecular weight excluding hydrogens is 180 g/mol. The second-order valence-electron chi connectivity index (χ2n) is 3.26. The molecule has 0 spiro atoms. The van der Waals surface area contributed by atoms with Crippen molar-refractivity contribution in [2.75, 3.05) is 6.54 Å². The Morgan fingerprint density at radius 3 is 3.07 bits per heavy atom. The molecule has 2 rings (SSSR count). The van der Waals surface area contributed by atoms with Crippen molar-refractivity contribution in [3.63, 3.8) is 0 Å². The molecule has 1 atom stereocenters. The fraction of sp³-hybridized carbons (Fsp3) is 0.300. The number of carbonyl (C=O) groups is 1. The van der Waals surface area contributed by atoms with Crippen LogP contribution in [0.15, 0.2) is 24.3 Å². The Bertz CT molecular complexity index is 352. The fourth-order valence-corrected chi connectivity index (χ4v) is 1.70. The van der Waals surface area contributed by atoms with Crippen molar-refractivity contribution in [3.8, 4) is 0 Å². The van der Waals surface area contributed by atoms with Gasteiger partial charge in [-0.15, -0.1) is 0 Å². The minimum absolute atomic E-state index is 0.252. The van der Waals surface area contributed by atoms with Gasteiger partial charge in [-0.1, -0.05) is 24.3 Å². The van der Waals surface area contributed by atoms with E-state index in [-0.39, 0.29) is 6.10 Å². The van der Waals surface area contributed by atoms with E-state index in [9.17, 15) is 4.79 Å². The predicted octanol–water partition coefficient (Wildman–Crippen LogP) is 0.926. The molecule has 0 aliphatic carbocycles. The molecule has 0 saturated carbocycles. The Hall–Kier alpha value is -1.55. The zero-order valence-corrected chi connectivity index (χ0v) is 7.69. The normalized spacial score (nSPS) is 19.9. The van der Waals surface area contributed by atoms with Crippen molar-refractivity contribution in [1.82, 2.24) is 5.32 Å². The van der Waals surface area contributed by atoms with Crippen molar-refractivity contribution < 1.29 is 9.53 Å². The van der Waals surface area contributed by atoms with E-state index in [2.05, 4.69) is 5.32 Å². The van der Waals surface area contributed by atoms with E-state index in [1.807, 2.05) is 24.3 Å². The molecule has 0 aromatic heterocycles. The summed E-state index contributed by atoms with van der Waals surface area (Å²) in [6.45, 7) is 1.44. The molecule has 1 aromatic rings. The van der Waals surface area contributed by atoms with Crippen LogP contribution in [-0.2, 0) is 11.3 Å². The zero-order valence-electron chi connectivity index (χ0n) is 7.69. The summed E-state index contributed by atoms with van der Waals surface area (Å²) in [6, 6.07) is 7.87. The molecule has 1 aliphatic heterocycles. The lowest BCUT2D eigenvalue weighted by Gasteiger charge is -2.25. The summed E-state index contributed by atoms with van der Waals surface area (Å²) in [5, 5.41) is 3.16. The number of carbonyl (C=O) groups excluding carboxylic acids is 1. The average molecular weight is 192 g/mol. The van der Waals surface area contributed by atoms with Crippen molar-refractivity contribution in [2.24, 2.45) is 5.73 Å². The number of hydrogen-bond acceptors (Lipinski definition) is 3. The SMILES string of the molecule is NC(=O)OC1CNCc2ccccc21. The highest BCUT2D eigenvalue weighted by Gasteiger charge is 2.21. The van der Waals surface area contributed by atoms with E-state index in [0.717, 1.165) is 17.7 Å². The van der Waals surface area contributed by atoms with Gasteiger partial charge in [0.1, 0.15) is 6.10 Å². The molecule has 3 N–H and O–H groups in total. The third kappa shape index (κ3) is 1.70. The molecule has 14 heavy (non-hydrogen) atoms. The van der Waals surface area contributed by atoms with Gasteiger partial charge in [-0.25, -0.2) is 4.79 Å². The molecule has 1 aliphatic rings. The Morgan fingerprint density at radius 1 is 1.50 bits per heavy atom. The lowest BCUT2D eigenvalue weighted by atomic mass is 9.99. The predicted molar refractivity (Wildman–Crippen MR) is 51.6 cm³/mol. The Balaban J connectivity index is 2.26. The van der Waals surface area contributed by atoms with Gasteiger partial charge in [-0.2, -0.15) is 0 Å². The van der Waals surface area contributed by atoms with E-state index in [0.29, 0.717) is 6.54 Å². The van der Waals surface area contributed by atoms with Gasteiger partial charge < -0.3 is 15.8 Å². The largest absolute Gasteiger partial charge is 0.440 e. The number of rotatable bonds is 1. The summed E-state index contributed by atoms with van der Waals surface area (Å²) in [7, 11) is 0. The van der Waals surface area contributed by atoms with Gasteiger partial charge in [0.15, 0.2) is 0 Å². The fourth-order valence-electron chi connectivity index (χ4n) is 1.70. The van der Waals surface area contributed by atoms with Crippen LogP contribution in [0.2, 0.25) is 0 Å². The van der Waals surface area contributed by atoms with Crippen molar-refractivity contribution in [3.05, 3.63) is 35.4 Å². The molecule has 0 saturated heterocycles. The van der Waals surface area contributed by atoms with E-state index in [4.69, 9.17) is 10.5 Å². The second kappa shape index (κ2) is 3.67. The quantitative estimate of drug-likeness (QED) is 0.695. The number of fused-ring (bicyclic) bond motifs is 1. The molecule has 1 heterocycles. The Morgan fingerprint density at radius 2 is 2.29 bits per heavy atom. The third-order valence-electron chi connectivity index (χ3n) is 2.31. The van der Waals surface area contributed by atoms with Crippen LogP contribution < -0.4 is 11.1 Å². The maximum atomic E-state index is 10.6. The molecule has 74 valence electrons. The van der Waals surface area contributed by atoms with E-state index in [1.54, 1.807) is 0 Å². The van der Waals surface area contributed by atoms with Crippen LogP contribution in [0.3, 0.4) is 0 Å². The smallest absolute Gasteiger partial charge is 0.405 e. The van der Waals surface area contributed by atoms with E-state index < -0.39 is 6.09 Å². The molecule has 1 aromatic carbocycles. The summed E-state index contributed by atoms with van der Waals surface area (Å²) < 4.78 is 4.99. The van der Waals surface area contributed by atoms with Crippen LogP contribution in [0.5, 0.6) is 0 Å². The van der Waals surface area contributed by atoms with Crippen LogP contribution in [0.25, 0.3) is 0 Å². The topological polar surface area (TPSA) is 64.4 Å². The molecule has 1 unspecified atom stereocenters. The highest BCUT2D eigenvalue weighted by molar-refractivity contribution is 5.65. The molecule has 1 amide bonds. The van der Waals surface area contributed by atoms with E-state index in [1.165, 1.54) is 0 Å². The van der Waals surface area contributed by atoms with Gasteiger partial charge >= 0.3 is 6.09 Å². The summed E-state index contributed by atoms with van der Waals surface area (Å²) in [5.74, 6) is 0. The van der Waals surface area contributed by atoms with Crippen molar-refractivity contribution >= 4 is 6.09 Å². The minimum Gasteiger partial charge on any atom is -0.440 e. The molecule has 0 radical (unpaired) electrons. The summed E-state index contributed by atoms with van der Waals surface area (Å²) in [5.41, 5.74) is 7.20. The molecule has 4 heteroatoms. The maximum Gasteiger partial charge on any atom is 0.405 e. The first-order valence-corrected chi connectivity index (χ1v) is 4.52. The monoisotopic (exact) mass is 192 g/mol. The van der Waals surface area contributed by atoms with Gasteiger partial charge in [-0.05, 0) is 11.1 Å². The molecule has 0 bridgehead atoms. The van der Waals surface area contributed by atoms with Gasteiger partial charge in [0.05, 0.1) is 0 Å². The highest BCUT2D eigenvalue weighted by atomic mass is 16.6. The highest BCUT2D eigenvalue weighted by Crippen LogP contribution is 2.24. The Labute approximate surface area is 82.1 Å². The van der Waals surface area contributed by atoms with Crippen LogP contribution in [0, 0.1) is 0 Å². The molecule has 0 fully saturated rings. The lowest BCUT2D eigenvalue weighted by Crippen LogP contribution is -2.32. The number of amides is 1. The molecule has 4 nitrogen and oxygen atoms in total. The number of primary amides is 1. The second-order valence-corrected chi connectivity index (χ2v) is 3.26. The first-order valence-electron chi connectivity index (χ1n) is 4.52. The lowest BCUT2D eigenvalue weighted by molar-refractivity contribution is 0.101. The van der Waals surface area contributed by atoms with Crippen LogP contribution in [0.4, 0.5) is 4.79 Å². The average Bonchev–Trinajstić information content (AvgIpc) is 2.18. The van der Waals surface area contributed by atoms with Crippen molar-refractivity contribution in [2.45, 2.75) is 12.6 Å².